The smallest absolute Gasteiger partial charge is 0.0636 e. The fraction of sp³-hybridized carbons (Fsp3) is 1.00. The van der Waals surface area contributed by atoms with Crippen LogP contribution < -0.4 is 5.32 Å². The molecule has 0 radical (unpaired) electrons. The van der Waals surface area contributed by atoms with E-state index >= 15 is 0 Å². The Kier molecular flexibility index (Phi) is 4.70. The highest BCUT2D eigenvalue weighted by Crippen LogP contribution is 2.20. The Morgan fingerprint density at radius 2 is 2.00 bits per heavy atom. The predicted octanol–water partition coefficient (Wildman–Crippen LogP) is 0.914. The lowest BCUT2D eigenvalue weighted by Crippen LogP contribution is -2.38. The van der Waals surface area contributed by atoms with Gasteiger partial charge in [-0.3, -0.25) is 0 Å². The van der Waals surface area contributed by atoms with E-state index in [1.54, 1.807) is 7.11 Å². The monoisotopic (exact) mass is 187 g/mol. The summed E-state index contributed by atoms with van der Waals surface area (Å²) in [6.07, 6.45) is 4.86. The number of rotatable bonds is 4. The van der Waals surface area contributed by atoms with Crippen molar-refractivity contribution < 1.29 is 9.84 Å². The number of nitrogens with one attached hydrogen (secondary N) is 1. The van der Waals surface area contributed by atoms with Gasteiger partial charge >= 0.3 is 0 Å². The van der Waals surface area contributed by atoms with Crippen LogP contribution in [0.1, 0.15) is 32.6 Å². The van der Waals surface area contributed by atoms with Crippen molar-refractivity contribution in [2.75, 3.05) is 13.7 Å². The van der Waals surface area contributed by atoms with Gasteiger partial charge in [-0.1, -0.05) is 0 Å². The van der Waals surface area contributed by atoms with E-state index < -0.39 is 0 Å². The van der Waals surface area contributed by atoms with Gasteiger partial charge in [0.15, 0.2) is 0 Å². The van der Waals surface area contributed by atoms with E-state index in [1.165, 1.54) is 12.8 Å². The average molecular weight is 187 g/mol. The standard InChI is InChI=1S/C10H21NO2/c1-8(12)7-11-9-3-5-10(13-2)6-4-9/h8-12H,3-7H2,1-2H3. The van der Waals surface area contributed by atoms with Gasteiger partial charge in [0.1, 0.15) is 0 Å². The number of methoxy groups -OCH3 is 1. The molecule has 0 aromatic rings. The molecule has 0 amide bonds. The van der Waals surface area contributed by atoms with E-state index in [9.17, 15) is 0 Å². The van der Waals surface area contributed by atoms with E-state index in [4.69, 9.17) is 9.84 Å². The molecule has 0 aromatic carbocycles. The Labute approximate surface area is 80.5 Å². The fourth-order valence-electron chi connectivity index (χ4n) is 1.84. The van der Waals surface area contributed by atoms with Gasteiger partial charge in [-0.25, -0.2) is 0 Å². The molecule has 0 spiro atoms. The first kappa shape index (κ1) is 11.0. The second-order valence-electron chi connectivity index (χ2n) is 3.97. The molecule has 3 nitrogen and oxygen atoms in total. The van der Waals surface area contributed by atoms with Crippen LogP contribution in [-0.2, 0) is 4.74 Å². The summed E-state index contributed by atoms with van der Waals surface area (Å²) >= 11 is 0. The second kappa shape index (κ2) is 5.58. The highest BCUT2D eigenvalue weighted by Gasteiger charge is 2.20. The van der Waals surface area contributed by atoms with Crippen LogP contribution in [0.15, 0.2) is 0 Å². The minimum atomic E-state index is -0.236. The van der Waals surface area contributed by atoms with Crippen molar-refractivity contribution in [2.24, 2.45) is 0 Å². The van der Waals surface area contributed by atoms with Crippen molar-refractivity contribution in [3.05, 3.63) is 0 Å². The Bertz CT molecular complexity index is 131. The molecule has 1 aliphatic rings. The maximum absolute atomic E-state index is 9.09. The highest BCUT2D eigenvalue weighted by molar-refractivity contribution is 4.77. The zero-order valence-electron chi connectivity index (χ0n) is 8.62. The summed E-state index contributed by atoms with van der Waals surface area (Å²) in [6.45, 7) is 2.52. The van der Waals surface area contributed by atoms with Crippen molar-refractivity contribution in [1.29, 1.82) is 0 Å². The molecule has 1 aliphatic carbocycles. The molecule has 0 aliphatic heterocycles. The molecule has 13 heavy (non-hydrogen) atoms. The summed E-state index contributed by atoms with van der Waals surface area (Å²) < 4.78 is 5.29. The Morgan fingerprint density at radius 3 is 2.46 bits per heavy atom. The molecule has 1 saturated carbocycles. The van der Waals surface area contributed by atoms with Crippen molar-refractivity contribution >= 4 is 0 Å². The summed E-state index contributed by atoms with van der Waals surface area (Å²) in [6, 6.07) is 0.584. The average Bonchev–Trinajstić information content (AvgIpc) is 2.15. The summed E-state index contributed by atoms with van der Waals surface area (Å²) in [5, 5.41) is 12.5. The maximum Gasteiger partial charge on any atom is 0.0636 e. The van der Waals surface area contributed by atoms with Crippen molar-refractivity contribution in [3.8, 4) is 0 Å². The molecule has 78 valence electrons. The zero-order valence-corrected chi connectivity index (χ0v) is 8.62. The van der Waals surface area contributed by atoms with Gasteiger partial charge in [0, 0.05) is 19.7 Å². The first-order valence-electron chi connectivity index (χ1n) is 5.16. The maximum atomic E-state index is 9.09. The molecule has 0 bridgehead atoms. The Hall–Kier alpha value is -0.120. The van der Waals surface area contributed by atoms with Crippen LogP contribution in [0.2, 0.25) is 0 Å². The molecule has 1 atom stereocenters. The third-order valence-electron chi connectivity index (χ3n) is 2.71. The van der Waals surface area contributed by atoms with Crippen LogP contribution in [0, 0.1) is 0 Å². The van der Waals surface area contributed by atoms with Gasteiger partial charge in [0.05, 0.1) is 12.2 Å². The molecule has 0 heterocycles. The van der Waals surface area contributed by atoms with Gasteiger partial charge in [0.2, 0.25) is 0 Å². The fourth-order valence-corrected chi connectivity index (χ4v) is 1.84. The number of aliphatic hydroxyl groups excluding tert-OH is 1. The molecule has 0 aromatic heterocycles. The summed E-state index contributed by atoms with van der Waals surface area (Å²) in [5.74, 6) is 0. The van der Waals surface area contributed by atoms with E-state index in [1.807, 2.05) is 6.92 Å². The van der Waals surface area contributed by atoms with E-state index in [0.717, 1.165) is 12.8 Å². The van der Waals surface area contributed by atoms with Crippen LogP contribution >= 0.6 is 0 Å². The first-order valence-corrected chi connectivity index (χ1v) is 5.16. The number of aliphatic hydroxyl groups is 1. The molecule has 1 unspecified atom stereocenters. The summed E-state index contributed by atoms with van der Waals surface area (Å²) in [5.41, 5.74) is 0. The topological polar surface area (TPSA) is 41.5 Å². The van der Waals surface area contributed by atoms with Gasteiger partial charge in [-0.05, 0) is 32.6 Å². The minimum absolute atomic E-state index is 0.236. The number of hydrogen-bond acceptors (Lipinski definition) is 3. The van der Waals surface area contributed by atoms with E-state index in [-0.39, 0.29) is 6.10 Å². The lowest BCUT2D eigenvalue weighted by atomic mass is 9.93. The van der Waals surface area contributed by atoms with Crippen molar-refractivity contribution in [3.63, 3.8) is 0 Å². The highest BCUT2D eigenvalue weighted by atomic mass is 16.5. The molecule has 1 rings (SSSR count). The predicted molar refractivity (Wildman–Crippen MR) is 52.7 cm³/mol. The van der Waals surface area contributed by atoms with Gasteiger partial charge in [-0.2, -0.15) is 0 Å². The Morgan fingerprint density at radius 1 is 1.38 bits per heavy atom. The normalized spacial score (nSPS) is 31.6. The lowest BCUT2D eigenvalue weighted by Gasteiger charge is -2.28. The number of hydrogen-bond donors (Lipinski definition) is 2. The van der Waals surface area contributed by atoms with Crippen LogP contribution in [0.25, 0.3) is 0 Å². The third kappa shape index (κ3) is 4.07. The minimum Gasteiger partial charge on any atom is -0.392 e. The van der Waals surface area contributed by atoms with Gasteiger partial charge in [-0.15, -0.1) is 0 Å². The van der Waals surface area contributed by atoms with E-state index in [2.05, 4.69) is 5.32 Å². The quantitative estimate of drug-likeness (QED) is 0.687. The zero-order chi connectivity index (χ0) is 9.68. The second-order valence-corrected chi connectivity index (χ2v) is 3.97. The van der Waals surface area contributed by atoms with Gasteiger partial charge in [0.25, 0.3) is 0 Å². The molecule has 1 fully saturated rings. The van der Waals surface area contributed by atoms with Crippen LogP contribution in [-0.4, -0.2) is 37.0 Å². The van der Waals surface area contributed by atoms with E-state index in [0.29, 0.717) is 18.7 Å². The SMILES string of the molecule is COC1CCC(NCC(C)O)CC1. The molecule has 2 N–H and O–H groups in total. The van der Waals surface area contributed by atoms with Crippen molar-refractivity contribution in [2.45, 2.75) is 50.9 Å². The summed E-state index contributed by atoms with van der Waals surface area (Å²) in [4.78, 5) is 0. The molecular formula is C10H21NO2. The Balaban J connectivity index is 2.10. The first-order chi connectivity index (χ1) is 6.22. The van der Waals surface area contributed by atoms with Crippen LogP contribution in [0.4, 0.5) is 0 Å². The largest absolute Gasteiger partial charge is 0.392 e. The lowest BCUT2D eigenvalue weighted by molar-refractivity contribution is 0.0608. The third-order valence-corrected chi connectivity index (χ3v) is 2.71. The van der Waals surface area contributed by atoms with Crippen LogP contribution in [0.3, 0.4) is 0 Å². The summed E-state index contributed by atoms with van der Waals surface area (Å²) in [7, 11) is 1.79. The van der Waals surface area contributed by atoms with Gasteiger partial charge < -0.3 is 15.2 Å². The molecular weight excluding hydrogens is 166 g/mol. The molecule has 0 saturated heterocycles. The number of ether oxygens (including phenoxy) is 1. The molecule has 3 heteroatoms. The van der Waals surface area contributed by atoms with Crippen molar-refractivity contribution in [1.82, 2.24) is 5.32 Å². The van der Waals surface area contributed by atoms with Crippen LogP contribution in [0.5, 0.6) is 0 Å².